The Kier molecular flexibility index (Phi) is 4.02. The molecule has 0 bridgehead atoms. The van der Waals surface area contributed by atoms with Crippen LogP contribution in [0.25, 0.3) is 0 Å². The van der Waals surface area contributed by atoms with E-state index in [0.29, 0.717) is 45.9 Å². The van der Waals surface area contributed by atoms with Gasteiger partial charge in [0.2, 0.25) is 5.91 Å². The fourth-order valence-corrected chi connectivity index (χ4v) is 3.52. The third kappa shape index (κ3) is 2.91. The average molecular weight is 331 g/mol. The predicted molar refractivity (Wildman–Crippen MR) is 85.6 cm³/mol. The Hall–Kier alpha value is -2.28. The summed E-state index contributed by atoms with van der Waals surface area (Å²) in [5, 5.41) is 0. The molecule has 2 saturated heterocycles. The van der Waals surface area contributed by atoms with Crippen molar-refractivity contribution in [2.24, 2.45) is 0 Å². The van der Waals surface area contributed by atoms with E-state index in [9.17, 15) is 9.59 Å². The molecule has 0 saturated carbocycles. The zero-order valence-corrected chi connectivity index (χ0v) is 13.5. The lowest BCUT2D eigenvalue weighted by Crippen LogP contribution is -2.55. The van der Waals surface area contributed by atoms with Crippen molar-refractivity contribution in [3.63, 3.8) is 0 Å². The third-order valence-corrected chi connectivity index (χ3v) is 4.86. The second kappa shape index (κ2) is 6.32. The number of rotatable bonds is 2. The quantitative estimate of drug-likeness (QED) is 0.792. The number of nitrogens with zero attached hydrogens (tertiary/aromatic N) is 3. The summed E-state index contributed by atoms with van der Waals surface area (Å²) >= 11 is 0. The fraction of sp³-hybridized carbons (Fsp3) is 0.529. The van der Waals surface area contributed by atoms with E-state index in [1.807, 2.05) is 29.2 Å². The van der Waals surface area contributed by atoms with E-state index in [1.165, 1.54) is 0 Å². The van der Waals surface area contributed by atoms with Crippen molar-refractivity contribution in [2.75, 3.05) is 45.9 Å². The first kappa shape index (κ1) is 15.3. The summed E-state index contributed by atoms with van der Waals surface area (Å²) in [5.74, 6) is 1.01. The van der Waals surface area contributed by atoms with E-state index in [4.69, 9.17) is 9.47 Å². The van der Waals surface area contributed by atoms with Crippen LogP contribution in [0.4, 0.5) is 4.79 Å². The van der Waals surface area contributed by atoms with Crippen LogP contribution in [0.15, 0.2) is 24.3 Å². The molecule has 24 heavy (non-hydrogen) atoms. The highest BCUT2D eigenvalue weighted by Crippen LogP contribution is 2.23. The zero-order valence-electron chi connectivity index (χ0n) is 13.5. The van der Waals surface area contributed by atoms with Gasteiger partial charge in [-0.1, -0.05) is 18.2 Å². The molecular weight excluding hydrogens is 310 g/mol. The van der Waals surface area contributed by atoms with Crippen LogP contribution in [-0.4, -0.2) is 78.7 Å². The molecule has 3 aliphatic heterocycles. The van der Waals surface area contributed by atoms with Crippen molar-refractivity contribution in [2.45, 2.75) is 12.6 Å². The topological polar surface area (TPSA) is 62.3 Å². The summed E-state index contributed by atoms with van der Waals surface area (Å²) in [6.45, 7) is 4.48. The Balaban J connectivity index is 1.37. The minimum Gasteiger partial charge on any atom is -0.492 e. The lowest BCUT2D eigenvalue weighted by atomic mass is 10.2. The van der Waals surface area contributed by atoms with Crippen LogP contribution in [0.1, 0.15) is 5.56 Å². The van der Waals surface area contributed by atoms with Crippen LogP contribution >= 0.6 is 0 Å². The normalized spacial score (nSPS) is 23.8. The van der Waals surface area contributed by atoms with Gasteiger partial charge in [-0.2, -0.15) is 0 Å². The predicted octanol–water partition coefficient (Wildman–Crippen LogP) is 0.544. The molecule has 0 N–H and O–H groups in total. The lowest BCUT2D eigenvalue weighted by Gasteiger charge is -2.36. The third-order valence-electron chi connectivity index (χ3n) is 4.86. The van der Waals surface area contributed by atoms with E-state index in [1.54, 1.807) is 4.90 Å². The number of carbonyl (C=O) groups is 2. The number of ether oxygens (including phenoxy) is 2. The SMILES string of the molecule is O=C(CN1CCOc2ccccc2C1)N1CCN2C(=O)OCC2C1. The van der Waals surface area contributed by atoms with Gasteiger partial charge in [-0.15, -0.1) is 0 Å². The van der Waals surface area contributed by atoms with Gasteiger partial charge in [0.1, 0.15) is 19.0 Å². The van der Waals surface area contributed by atoms with Crippen LogP contribution in [0.5, 0.6) is 5.75 Å². The molecule has 2 fully saturated rings. The van der Waals surface area contributed by atoms with Crippen molar-refractivity contribution in [1.29, 1.82) is 0 Å². The van der Waals surface area contributed by atoms with Crippen molar-refractivity contribution < 1.29 is 19.1 Å². The number of hydrogen-bond acceptors (Lipinski definition) is 5. The fourth-order valence-electron chi connectivity index (χ4n) is 3.52. The summed E-state index contributed by atoms with van der Waals surface area (Å²) in [4.78, 5) is 29.9. The molecule has 1 unspecified atom stereocenters. The van der Waals surface area contributed by atoms with Crippen molar-refractivity contribution in [3.05, 3.63) is 29.8 Å². The van der Waals surface area contributed by atoms with Gasteiger partial charge in [0.05, 0.1) is 12.6 Å². The van der Waals surface area contributed by atoms with E-state index >= 15 is 0 Å². The number of carbonyl (C=O) groups excluding carboxylic acids is 2. The maximum atomic E-state index is 12.7. The average Bonchev–Trinajstić information content (AvgIpc) is 2.84. The number of fused-ring (bicyclic) bond motifs is 2. The Morgan fingerprint density at radius 2 is 2.04 bits per heavy atom. The molecule has 7 nitrogen and oxygen atoms in total. The number of amides is 2. The summed E-state index contributed by atoms with van der Waals surface area (Å²) in [5.41, 5.74) is 1.11. The molecule has 3 heterocycles. The Bertz CT molecular complexity index is 650. The van der Waals surface area contributed by atoms with E-state index in [-0.39, 0.29) is 18.0 Å². The molecule has 0 aromatic heterocycles. The van der Waals surface area contributed by atoms with E-state index < -0.39 is 0 Å². The summed E-state index contributed by atoms with van der Waals surface area (Å²) in [6, 6.07) is 7.96. The summed E-state index contributed by atoms with van der Waals surface area (Å²) < 4.78 is 10.8. The highest BCUT2D eigenvalue weighted by Gasteiger charge is 2.38. The Labute approximate surface area is 140 Å². The second-order valence-corrected chi connectivity index (χ2v) is 6.43. The number of piperazine rings is 1. The van der Waals surface area contributed by atoms with Crippen LogP contribution in [-0.2, 0) is 16.1 Å². The van der Waals surface area contributed by atoms with Crippen LogP contribution in [0.2, 0.25) is 0 Å². The van der Waals surface area contributed by atoms with Gasteiger partial charge in [0, 0.05) is 38.3 Å². The molecule has 0 spiro atoms. The molecule has 2 amide bonds. The molecule has 128 valence electrons. The number of para-hydroxylation sites is 1. The molecule has 7 heteroatoms. The highest BCUT2D eigenvalue weighted by molar-refractivity contribution is 5.79. The first-order valence-electron chi connectivity index (χ1n) is 8.35. The van der Waals surface area contributed by atoms with Gasteiger partial charge in [-0.05, 0) is 6.07 Å². The van der Waals surface area contributed by atoms with Crippen molar-refractivity contribution in [1.82, 2.24) is 14.7 Å². The second-order valence-electron chi connectivity index (χ2n) is 6.43. The van der Waals surface area contributed by atoms with Gasteiger partial charge >= 0.3 is 6.09 Å². The summed E-state index contributed by atoms with van der Waals surface area (Å²) in [6.07, 6.45) is -0.256. The number of benzene rings is 1. The van der Waals surface area contributed by atoms with Gasteiger partial charge in [-0.25, -0.2) is 4.79 Å². The van der Waals surface area contributed by atoms with Crippen LogP contribution in [0.3, 0.4) is 0 Å². The molecule has 4 rings (SSSR count). The molecule has 1 atom stereocenters. The minimum absolute atomic E-state index is 0.00314. The first-order valence-corrected chi connectivity index (χ1v) is 8.35. The van der Waals surface area contributed by atoms with Crippen LogP contribution in [0, 0.1) is 0 Å². The standard InChI is InChI=1S/C17H21N3O4/c21-16(19-5-6-20-14(10-19)12-24-17(20)22)11-18-7-8-23-15-4-2-1-3-13(15)9-18/h1-4,14H,5-12H2. The minimum atomic E-state index is -0.256. The monoisotopic (exact) mass is 331 g/mol. The smallest absolute Gasteiger partial charge is 0.410 e. The zero-order chi connectivity index (χ0) is 16.5. The number of hydrogen-bond donors (Lipinski definition) is 0. The summed E-state index contributed by atoms with van der Waals surface area (Å²) in [7, 11) is 0. The molecular formula is C17H21N3O4. The van der Waals surface area contributed by atoms with E-state index in [2.05, 4.69) is 4.90 Å². The highest BCUT2D eigenvalue weighted by atomic mass is 16.6. The number of cyclic esters (lactones) is 1. The van der Waals surface area contributed by atoms with Crippen molar-refractivity contribution >= 4 is 12.0 Å². The Morgan fingerprint density at radius 1 is 1.17 bits per heavy atom. The first-order chi connectivity index (χ1) is 11.7. The van der Waals surface area contributed by atoms with Crippen LogP contribution < -0.4 is 4.74 Å². The molecule has 1 aromatic carbocycles. The Morgan fingerprint density at radius 3 is 2.96 bits per heavy atom. The molecule has 0 radical (unpaired) electrons. The van der Waals surface area contributed by atoms with Gasteiger partial charge in [-0.3, -0.25) is 14.6 Å². The maximum Gasteiger partial charge on any atom is 0.410 e. The van der Waals surface area contributed by atoms with E-state index in [0.717, 1.165) is 17.9 Å². The largest absolute Gasteiger partial charge is 0.492 e. The molecule has 3 aliphatic rings. The van der Waals surface area contributed by atoms with Crippen molar-refractivity contribution in [3.8, 4) is 5.75 Å². The van der Waals surface area contributed by atoms with Gasteiger partial charge in [0.25, 0.3) is 0 Å². The van der Waals surface area contributed by atoms with Gasteiger partial charge in [0.15, 0.2) is 0 Å². The molecule has 1 aromatic rings. The maximum absolute atomic E-state index is 12.7. The molecule has 0 aliphatic carbocycles. The lowest BCUT2D eigenvalue weighted by molar-refractivity contribution is -0.134. The van der Waals surface area contributed by atoms with Gasteiger partial charge < -0.3 is 14.4 Å².